The van der Waals surface area contributed by atoms with Crippen LogP contribution in [0.25, 0.3) is 0 Å². The molecule has 1 atom stereocenters. The van der Waals surface area contributed by atoms with Gasteiger partial charge in [0.25, 0.3) is 10.0 Å². The first-order chi connectivity index (χ1) is 15.2. The number of benzene rings is 3. The topological polar surface area (TPSA) is 96.5 Å². The summed E-state index contributed by atoms with van der Waals surface area (Å²) < 4.78 is 32.6. The third-order valence-electron chi connectivity index (χ3n) is 4.56. The van der Waals surface area contributed by atoms with Crippen molar-refractivity contribution in [3.8, 4) is 5.75 Å². The van der Waals surface area contributed by atoms with Crippen LogP contribution in [-0.2, 0) is 10.0 Å². The number of carbonyl (C=O) groups excluding carboxylic acids is 1. The molecule has 1 unspecified atom stereocenters. The first-order valence-electron chi connectivity index (χ1n) is 9.48. The van der Waals surface area contributed by atoms with Gasteiger partial charge >= 0.3 is 6.03 Å². The van der Waals surface area contributed by atoms with Crippen LogP contribution in [0.1, 0.15) is 18.5 Å². The highest BCUT2D eigenvalue weighted by molar-refractivity contribution is 7.92. The number of hydrogen-bond acceptors (Lipinski definition) is 4. The minimum absolute atomic E-state index is 0.0698. The first-order valence-corrected chi connectivity index (χ1v) is 11.7. The number of para-hydroxylation sites is 1. The van der Waals surface area contributed by atoms with Crippen LogP contribution in [0.4, 0.5) is 16.2 Å². The molecule has 10 heteroatoms. The maximum atomic E-state index is 12.5. The van der Waals surface area contributed by atoms with Gasteiger partial charge in [0.1, 0.15) is 10.8 Å². The van der Waals surface area contributed by atoms with Crippen LogP contribution in [-0.4, -0.2) is 21.6 Å². The van der Waals surface area contributed by atoms with Gasteiger partial charge in [-0.3, -0.25) is 4.72 Å². The predicted octanol–water partition coefficient (Wildman–Crippen LogP) is 5.69. The summed E-state index contributed by atoms with van der Waals surface area (Å²) in [5, 5.41) is 5.98. The maximum Gasteiger partial charge on any atom is 0.319 e. The Balaban J connectivity index is 1.64. The van der Waals surface area contributed by atoms with Crippen molar-refractivity contribution in [3.05, 3.63) is 82.3 Å². The fourth-order valence-electron chi connectivity index (χ4n) is 2.92. The van der Waals surface area contributed by atoms with Gasteiger partial charge in [0, 0.05) is 11.4 Å². The Morgan fingerprint density at radius 2 is 1.56 bits per heavy atom. The summed E-state index contributed by atoms with van der Waals surface area (Å²) >= 11 is 12.5. The second-order valence-corrected chi connectivity index (χ2v) is 9.24. The van der Waals surface area contributed by atoms with Crippen LogP contribution in [0, 0.1) is 0 Å². The number of carbonyl (C=O) groups is 1. The number of methoxy groups -OCH3 is 1. The average molecular weight is 494 g/mol. The van der Waals surface area contributed by atoms with E-state index >= 15 is 0 Å². The minimum atomic E-state index is -3.74. The van der Waals surface area contributed by atoms with Crippen molar-refractivity contribution in [2.45, 2.75) is 17.9 Å². The molecule has 3 aromatic rings. The highest BCUT2D eigenvalue weighted by Gasteiger charge is 2.18. The summed E-state index contributed by atoms with van der Waals surface area (Å²) in [5.74, 6) is 0.439. The second kappa shape index (κ2) is 10.1. The highest BCUT2D eigenvalue weighted by atomic mass is 35.5. The number of ether oxygens (including phenoxy) is 1. The molecule has 0 saturated heterocycles. The van der Waals surface area contributed by atoms with Crippen LogP contribution in [0.15, 0.2) is 71.6 Å². The van der Waals surface area contributed by atoms with E-state index in [1.54, 1.807) is 49.4 Å². The summed E-state index contributed by atoms with van der Waals surface area (Å²) in [5.41, 5.74) is 1.51. The van der Waals surface area contributed by atoms with Crippen LogP contribution in [0.5, 0.6) is 5.75 Å². The summed E-state index contributed by atoms with van der Waals surface area (Å²) in [4.78, 5) is 12.5. The molecule has 168 valence electrons. The number of urea groups is 1. The Labute approximate surface area is 196 Å². The maximum absolute atomic E-state index is 12.5. The van der Waals surface area contributed by atoms with Crippen LogP contribution in [0.3, 0.4) is 0 Å². The van der Waals surface area contributed by atoms with E-state index in [0.29, 0.717) is 27.7 Å². The number of anilines is 2. The first kappa shape index (κ1) is 23.7. The van der Waals surface area contributed by atoms with Gasteiger partial charge in [-0.15, -0.1) is 0 Å². The molecule has 3 rings (SSSR count). The SMILES string of the molecule is COc1ccc(C(C)NC(=O)Nc2ccc(S(=O)(=O)Nc3ccccc3)cc2)c(Cl)c1Cl. The van der Waals surface area contributed by atoms with Crippen LogP contribution < -0.4 is 20.1 Å². The van der Waals surface area contributed by atoms with Crippen molar-refractivity contribution in [1.82, 2.24) is 5.32 Å². The molecule has 0 radical (unpaired) electrons. The molecule has 0 spiro atoms. The molecule has 7 nitrogen and oxygen atoms in total. The zero-order chi connectivity index (χ0) is 23.3. The standard InChI is InChI=1S/C22H21Cl2N3O4S/c1-14(18-12-13-19(31-2)21(24)20(18)23)25-22(28)26-15-8-10-17(11-9-15)32(29,30)27-16-6-4-3-5-7-16/h3-14,27H,1-2H3,(H2,25,26,28). The van der Waals surface area contributed by atoms with Gasteiger partial charge < -0.3 is 15.4 Å². The van der Waals surface area contributed by atoms with Crippen molar-refractivity contribution in [1.29, 1.82) is 0 Å². The fourth-order valence-corrected chi connectivity index (χ4v) is 4.55. The van der Waals surface area contributed by atoms with Crippen molar-refractivity contribution in [2.24, 2.45) is 0 Å². The van der Waals surface area contributed by atoms with E-state index in [1.165, 1.54) is 31.4 Å². The number of rotatable bonds is 7. The van der Waals surface area contributed by atoms with Crippen molar-refractivity contribution in [3.63, 3.8) is 0 Å². The van der Waals surface area contributed by atoms with E-state index < -0.39 is 22.1 Å². The quantitative estimate of drug-likeness (QED) is 0.394. The number of amides is 2. The van der Waals surface area contributed by atoms with Crippen molar-refractivity contribution >= 4 is 50.6 Å². The number of sulfonamides is 1. The van der Waals surface area contributed by atoms with E-state index in [1.807, 2.05) is 0 Å². The molecule has 0 heterocycles. The average Bonchev–Trinajstić information content (AvgIpc) is 2.76. The van der Waals surface area contributed by atoms with E-state index in [2.05, 4.69) is 15.4 Å². The third-order valence-corrected chi connectivity index (χ3v) is 6.84. The van der Waals surface area contributed by atoms with Crippen molar-refractivity contribution in [2.75, 3.05) is 17.1 Å². The fraction of sp³-hybridized carbons (Fsp3) is 0.136. The summed E-state index contributed by atoms with van der Waals surface area (Å²) in [7, 11) is -2.26. The van der Waals surface area contributed by atoms with E-state index in [-0.39, 0.29) is 9.92 Å². The smallest absolute Gasteiger partial charge is 0.319 e. The number of nitrogens with one attached hydrogen (secondary N) is 3. The van der Waals surface area contributed by atoms with E-state index in [4.69, 9.17) is 27.9 Å². The van der Waals surface area contributed by atoms with Gasteiger partial charge in [-0.1, -0.05) is 47.5 Å². The largest absolute Gasteiger partial charge is 0.495 e. The summed E-state index contributed by atoms with van der Waals surface area (Å²) in [6, 6.07) is 16.8. The van der Waals surface area contributed by atoms with E-state index in [9.17, 15) is 13.2 Å². The lowest BCUT2D eigenvalue weighted by molar-refractivity contribution is 0.249. The van der Waals surface area contributed by atoms with Gasteiger partial charge in [0.2, 0.25) is 0 Å². The molecule has 0 aliphatic heterocycles. The monoisotopic (exact) mass is 493 g/mol. The lowest BCUT2D eigenvalue weighted by Crippen LogP contribution is -2.31. The Hall–Kier alpha value is -2.94. The summed E-state index contributed by atoms with van der Waals surface area (Å²) in [6.07, 6.45) is 0. The molecule has 3 aromatic carbocycles. The highest BCUT2D eigenvalue weighted by Crippen LogP contribution is 2.37. The Morgan fingerprint density at radius 3 is 2.19 bits per heavy atom. The van der Waals surface area contributed by atoms with Gasteiger partial charge in [-0.25, -0.2) is 13.2 Å². The molecule has 32 heavy (non-hydrogen) atoms. The Bertz CT molecular complexity index is 1200. The van der Waals surface area contributed by atoms with Gasteiger partial charge in [0.05, 0.1) is 23.1 Å². The normalized spacial score (nSPS) is 12.0. The second-order valence-electron chi connectivity index (χ2n) is 6.80. The molecule has 0 saturated carbocycles. The molecule has 0 aliphatic carbocycles. The molecule has 0 aliphatic rings. The Morgan fingerprint density at radius 1 is 0.906 bits per heavy atom. The zero-order valence-corrected chi connectivity index (χ0v) is 19.6. The van der Waals surface area contributed by atoms with Gasteiger partial charge in [-0.05, 0) is 55.0 Å². The number of hydrogen-bond donors (Lipinski definition) is 3. The van der Waals surface area contributed by atoms with Crippen molar-refractivity contribution < 1.29 is 17.9 Å². The lowest BCUT2D eigenvalue weighted by atomic mass is 10.1. The van der Waals surface area contributed by atoms with Crippen LogP contribution >= 0.6 is 23.2 Å². The van der Waals surface area contributed by atoms with E-state index in [0.717, 1.165) is 0 Å². The number of halogens is 2. The van der Waals surface area contributed by atoms with Crippen LogP contribution in [0.2, 0.25) is 10.0 Å². The lowest BCUT2D eigenvalue weighted by Gasteiger charge is -2.18. The molecule has 0 aromatic heterocycles. The predicted molar refractivity (Wildman–Crippen MR) is 127 cm³/mol. The molecule has 3 N–H and O–H groups in total. The van der Waals surface area contributed by atoms with Gasteiger partial charge in [-0.2, -0.15) is 0 Å². The molecular formula is C22H21Cl2N3O4S. The molecule has 2 amide bonds. The molecule has 0 bridgehead atoms. The zero-order valence-electron chi connectivity index (χ0n) is 17.2. The molecular weight excluding hydrogens is 473 g/mol. The minimum Gasteiger partial charge on any atom is -0.495 e. The summed E-state index contributed by atoms with van der Waals surface area (Å²) in [6.45, 7) is 1.76. The molecule has 0 fully saturated rings. The Kier molecular flexibility index (Phi) is 7.50. The van der Waals surface area contributed by atoms with Gasteiger partial charge in [0.15, 0.2) is 0 Å². The third kappa shape index (κ3) is 5.64.